The molecule has 1 aromatic carbocycles. The van der Waals surface area contributed by atoms with Gasteiger partial charge in [-0.25, -0.2) is 0 Å². The Balaban J connectivity index is 2.43. The summed E-state index contributed by atoms with van der Waals surface area (Å²) < 4.78 is 10.7. The zero-order chi connectivity index (χ0) is 19.1. The van der Waals surface area contributed by atoms with Crippen molar-refractivity contribution in [2.45, 2.75) is 51.7 Å². The lowest BCUT2D eigenvalue weighted by Gasteiger charge is -2.41. The van der Waals surface area contributed by atoms with Gasteiger partial charge in [0.25, 0.3) is 0 Å². The van der Waals surface area contributed by atoms with Gasteiger partial charge in [-0.05, 0) is 25.8 Å². The Morgan fingerprint density at radius 1 is 1.42 bits per heavy atom. The number of unbranched alkanes of at least 4 members (excludes halogenated alkanes) is 1. The first kappa shape index (κ1) is 19.8. The van der Waals surface area contributed by atoms with E-state index in [1.54, 1.807) is 18.9 Å². The van der Waals surface area contributed by atoms with Gasteiger partial charge in [0.1, 0.15) is 11.8 Å². The highest BCUT2D eigenvalue weighted by Crippen LogP contribution is 2.41. The molecule has 6 nitrogen and oxygen atoms in total. The molecule has 1 fully saturated rings. The quantitative estimate of drug-likeness (QED) is 0.699. The van der Waals surface area contributed by atoms with E-state index in [-0.39, 0.29) is 5.91 Å². The van der Waals surface area contributed by atoms with Gasteiger partial charge in [-0.1, -0.05) is 31.5 Å². The Hall–Kier alpha value is -2.55. The number of hydrogen-bond donors (Lipinski definition) is 0. The summed E-state index contributed by atoms with van der Waals surface area (Å²) in [6, 6.07) is 8.91. The summed E-state index contributed by atoms with van der Waals surface area (Å²) in [6.07, 6.45) is 1.69. The van der Waals surface area contributed by atoms with Gasteiger partial charge in [0, 0.05) is 18.5 Å². The second kappa shape index (κ2) is 9.23. The molecule has 140 valence electrons. The average molecular weight is 358 g/mol. The molecule has 3 atom stereocenters. The van der Waals surface area contributed by atoms with E-state index in [0.717, 1.165) is 18.4 Å². The molecule has 0 unspecified atom stereocenters. The summed E-state index contributed by atoms with van der Waals surface area (Å²) in [4.78, 5) is 27.1. The van der Waals surface area contributed by atoms with E-state index in [0.29, 0.717) is 25.1 Å². The molecule has 0 bridgehead atoms. The van der Waals surface area contributed by atoms with Crippen LogP contribution in [0.25, 0.3) is 0 Å². The number of methoxy groups -OCH3 is 1. The van der Waals surface area contributed by atoms with Crippen LogP contribution < -0.4 is 4.74 Å². The molecule has 6 heteroatoms. The molecule has 0 spiro atoms. The topological polar surface area (TPSA) is 79.6 Å². The molecule has 1 aromatic rings. The molecule has 1 heterocycles. The van der Waals surface area contributed by atoms with Gasteiger partial charge < -0.3 is 14.4 Å². The Morgan fingerprint density at radius 3 is 2.81 bits per heavy atom. The minimum atomic E-state index is -0.817. The van der Waals surface area contributed by atoms with E-state index in [1.165, 1.54) is 0 Å². The van der Waals surface area contributed by atoms with Crippen LogP contribution in [0.1, 0.15) is 51.1 Å². The van der Waals surface area contributed by atoms with Crippen molar-refractivity contribution in [2.24, 2.45) is 5.92 Å². The predicted molar refractivity (Wildman–Crippen MR) is 96.2 cm³/mol. The maximum atomic E-state index is 12.7. The molecule has 0 saturated carbocycles. The van der Waals surface area contributed by atoms with Crippen molar-refractivity contribution in [1.82, 2.24) is 4.90 Å². The number of rotatable bonds is 7. The first-order valence-electron chi connectivity index (χ1n) is 9.06. The first-order valence-corrected chi connectivity index (χ1v) is 9.06. The van der Waals surface area contributed by atoms with Crippen molar-refractivity contribution >= 4 is 11.9 Å². The van der Waals surface area contributed by atoms with Gasteiger partial charge >= 0.3 is 5.97 Å². The fourth-order valence-electron chi connectivity index (χ4n) is 3.38. The minimum Gasteiger partial charge on any atom is -0.496 e. The van der Waals surface area contributed by atoms with E-state index < -0.39 is 24.0 Å². The molecular weight excluding hydrogens is 332 g/mol. The largest absolute Gasteiger partial charge is 0.496 e. The van der Waals surface area contributed by atoms with Crippen LogP contribution in [-0.4, -0.2) is 36.5 Å². The summed E-state index contributed by atoms with van der Waals surface area (Å²) in [5.41, 5.74) is 0.797. The molecule has 0 aromatic heterocycles. The fourth-order valence-corrected chi connectivity index (χ4v) is 3.38. The number of para-hydroxylation sites is 1. The van der Waals surface area contributed by atoms with Gasteiger partial charge in [0.15, 0.2) is 6.10 Å². The lowest BCUT2D eigenvalue weighted by molar-refractivity contribution is -0.159. The van der Waals surface area contributed by atoms with Crippen LogP contribution in [0.4, 0.5) is 0 Å². The number of esters is 1. The van der Waals surface area contributed by atoms with E-state index in [9.17, 15) is 9.59 Å². The number of carbonyl (C=O) groups excluding carboxylic acids is 2. The summed E-state index contributed by atoms with van der Waals surface area (Å²) in [7, 11) is 1.57. The van der Waals surface area contributed by atoms with Crippen LogP contribution in [0, 0.1) is 17.2 Å². The Labute approximate surface area is 154 Å². The Bertz CT molecular complexity index is 683. The van der Waals surface area contributed by atoms with Crippen molar-refractivity contribution in [3.05, 3.63) is 29.8 Å². The third kappa shape index (κ3) is 4.34. The molecule has 1 saturated heterocycles. The maximum absolute atomic E-state index is 12.7. The second-order valence-electron chi connectivity index (χ2n) is 6.48. The third-order valence-electron chi connectivity index (χ3n) is 4.69. The van der Waals surface area contributed by atoms with E-state index in [4.69, 9.17) is 14.7 Å². The zero-order valence-electron chi connectivity index (χ0n) is 15.6. The molecule has 0 aliphatic carbocycles. The highest BCUT2D eigenvalue weighted by Gasteiger charge is 2.42. The van der Waals surface area contributed by atoms with Crippen molar-refractivity contribution in [1.29, 1.82) is 5.26 Å². The summed E-state index contributed by atoms with van der Waals surface area (Å²) >= 11 is 0. The molecular formula is C20H26N2O4. The van der Waals surface area contributed by atoms with Crippen molar-refractivity contribution in [3.63, 3.8) is 0 Å². The Kier molecular flexibility index (Phi) is 7.02. The van der Waals surface area contributed by atoms with Gasteiger partial charge in [0.2, 0.25) is 5.91 Å². The normalized spacial score (nSPS) is 21.0. The average Bonchev–Trinajstić information content (AvgIpc) is 2.66. The van der Waals surface area contributed by atoms with E-state index in [1.807, 2.05) is 30.3 Å². The van der Waals surface area contributed by atoms with Crippen LogP contribution >= 0.6 is 0 Å². The Morgan fingerprint density at radius 2 is 2.15 bits per heavy atom. The van der Waals surface area contributed by atoms with Crippen LogP contribution in [0.3, 0.4) is 0 Å². The fraction of sp³-hybridized carbons (Fsp3) is 0.550. The number of benzene rings is 1. The van der Waals surface area contributed by atoms with Gasteiger partial charge in [0.05, 0.1) is 19.1 Å². The van der Waals surface area contributed by atoms with Crippen LogP contribution in [-0.2, 0) is 14.3 Å². The SMILES string of the molecule is CCCCN1C(=O)CC[C@H](C(=O)O[C@@H](C)C#N)[C@@H]1c1ccccc1OC. The van der Waals surface area contributed by atoms with Gasteiger partial charge in [-0.15, -0.1) is 0 Å². The lowest BCUT2D eigenvalue weighted by Crippen LogP contribution is -2.46. The molecule has 2 rings (SSSR count). The molecule has 26 heavy (non-hydrogen) atoms. The number of piperidine rings is 1. The summed E-state index contributed by atoms with van der Waals surface area (Å²) in [5, 5.41) is 8.95. The predicted octanol–water partition coefficient (Wildman–Crippen LogP) is 3.23. The van der Waals surface area contributed by atoms with Crippen molar-refractivity contribution in [3.8, 4) is 11.8 Å². The van der Waals surface area contributed by atoms with Gasteiger partial charge in [-0.3, -0.25) is 9.59 Å². The molecule has 1 aliphatic rings. The number of nitriles is 1. The minimum absolute atomic E-state index is 0.0340. The van der Waals surface area contributed by atoms with Crippen LogP contribution in [0.5, 0.6) is 5.75 Å². The molecule has 1 aliphatic heterocycles. The maximum Gasteiger partial charge on any atom is 0.312 e. The number of hydrogen-bond acceptors (Lipinski definition) is 5. The van der Waals surface area contributed by atoms with Crippen molar-refractivity contribution < 1.29 is 19.1 Å². The third-order valence-corrected chi connectivity index (χ3v) is 4.69. The standard InChI is InChI=1S/C20H26N2O4/c1-4-5-12-22-18(23)11-10-16(20(24)26-14(2)13-21)19(22)15-8-6-7-9-17(15)25-3/h6-9,14,16,19H,4-5,10-12H2,1-3H3/t14-,16-,19-/m0/s1. The van der Waals surface area contributed by atoms with Crippen LogP contribution in [0.15, 0.2) is 24.3 Å². The summed E-state index contributed by atoms with van der Waals surface area (Å²) in [6.45, 7) is 4.18. The monoisotopic (exact) mass is 358 g/mol. The lowest BCUT2D eigenvalue weighted by atomic mass is 9.83. The zero-order valence-corrected chi connectivity index (χ0v) is 15.6. The smallest absolute Gasteiger partial charge is 0.312 e. The van der Waals surface area contributed by atoms with Gasteiger partial charge in [-0.2, -0.15) is 5.26 Å². The second-order valence-corrected chi connectivity index (χ2v) is 6.48. The highest BCUT2D eigenvalue weighted by molar-refractivity contribution is 5.82. The number of amides is 1. The highest BCUT2D eigenvalue weighted by atomic mass is 16.5. The van der Waals surface area contributed by atoms with Crippen molar-refractivity contribution in [2.75, 3.05) is 13.7 Å². The summed E-state index contributed by atoms with van der Waals surface area (Å²) in [5.74, 6) is -0.285. The number of carbonyl (C=O) groups is 2. The van der Waals surface area contributed by atoms with E-state index >= 15 is 0 Å². The number of likely N-dealkylation sites (tertiary alicyclic amines) is 1. The molecule has 1 amide bonds. The number of nitrogens with zero attached hydrogens (tertiary/aromatic N) is 2. The molecule has 0 radical (unpaired) electrons. The number of ether oxygens (including phenoxy) is 2. The first-order chi connectivity index (χ1) is 12.5. The molecule has 0 N–H and O–H groups in total. The van der Waals surface area contributed by atoms with E-state index in [2.05, 4.69) is 6.92 Å². The van der Waals surface area contributed by atoms with Crippen LogP contribution in [0.2, 0.25) is 0 Å².